The molecule has 1 saturated heterocycles. The van der Waals surface area contributed by atoms with Gasteiger partial charge in [-0.3, -0.25) is 33.3 Å². The van der Waals surface area contributed by atoms with Crippen LogP contribution in [0.3, 0.4) is 0 Å². The van der Waals surface area contributed by atoms with Crippen molar-refractivity contribution in [3.63, 3.8) is 0 Å². The predicted octanol–water partition coefficient (Wildman–Crippen LogP) is 0.283. The van der Waals surface area contributed by atoms with Gasteiger partial charge in [0.25, 0.3) is 0 Å². The van der Waals surface area contributed by atoms with E-state index < -0.39 is 80.3 Å². The summed E-state index contributed by atoms with van der Waals surface area (Å²) in [5, 5.41) is 24.1. The number of hydrogen-bond donors (Lipinski definition) is 8. The van der Waals surface area contributed by atoms with Gasteiger partial charge in [-0.1, -0.05) is 55.4 Å². The molecule has 6 amide bonds. The SMILES string of the molecule is CC(=O)N1CCC[C@H]1C(=O)N[C@@H](CC(C)C)C(=O)N[C@@H](Cc1cncn1CCCCO/N=C/C(C)=C/c1ccccc1)C(=O)N[C@@H](CO)C(=O)N[C@H](C(N)=O)[C@@H](C)OP(=O)(O)O. The van der Waals surface area contributed by atoms with Crippen molar-refractivity contribution >= 4 is 55.6 Å². The van der Waals surface area contributed by atoms with Crippen LogP contribution in [0.25, 0.3) is 6.08 Å². The first kappa shape index (κ1) is 50.9. The summed E-state index contributed by atoms with van der Waals surface area (Å²) < 4.78 is 17.6. The highest BCUT2D eigenvalue weighted by molar-refractivity contribution is 7.46. The number of carbonyl (C=O) groups excluding carboxylic acids is 6. The van der Waals surface area contributed by atoms with Crippen LogP contribution in [-0.4, -0.2) is 127 Å². The lowest BCUT2D eigenvalue weighted by atomic mass is 10.0. The fourth-order valence-electron chi connectivity index (χ4n) is 6.69. The molecule has 9 N–H and O–H groups in total. The minimum absolute atomic E-state index is 0.102. The average Bonchev–Trinajstić information content (AvgIpc) is 3.87. The molecule has 0 saturated carbocycles. The number of aliphatic hydroxyl groups excluding tert-OH is 1. The molecule has 1 fully saturated rings. The number of hydrogen-bond acceptors (Lipinski definition) is 12. The van der Waals surface area contributed by atoms with E-state index in [0.717, 1.165) is 18.1 Å². The van der Waals surface area contributed by atoms with Crippen LogP contribution < -0.4 is 27.0 Å². The van der Waals surface area contributed by atoms with Gasteiger partial charge in [0.1, 0.15) is 36.8 Å². The third-order valence-electron chi connectivity index (χ3n) is 9.75. The molecule has 0 radical (unpaired) electrons. The number of oxime groups is 1. The highest BCUT2D eigenvalue weighted by atomic mass is 31.2. The summed E-state index contributed by atoms with van der Waals surface area (Å²) in [4.78, 5) is 108. The summed E-state index contributed by atoms with van der Waals surface area (Å²) in [6.07, 6.45) is 7.23. The number of benzene rings is 1. The van der Waals surface area contributed by atoms with Crippen LogP contribution in [0.1, 0.15) is 78.0 Å². The molecule has 2 aromatic rings. The van der Waals surface area contributed by atoms with Crippen LogP contribution in [-0.2, 0) is 55.7 Å². The number of aliphatic hydroxyl groups is 1. The van der Waals surface area contributed by atoms with Gasteiger partial charge < -0.3 is 56.2 Å². The Bertz CT molecular complexity index is 1940. The van der Waals surface area contributed by atoms with E-state index in [4.69, 9.17) is 10.6 Å². The van der Waals surface area contributed by atoms with E-state index in [0.29, 0.717) is 51.1 Å². The molecule has 0 bridgehead atoms. The smallest absolute Gasteiger partial charge is 0.396 e. The van der Waals surface area contributed by atoms with Crippen molar-refractivity contribution in [3.8, 4) is 0 Å². The van der Waals surface area contributed by atoms with E-state index in [-0.39, 0.29) is 24.7 Å². The van der Waals surface area contributed by atoms with Crippen molar-refractivity contribution in [2.45, 2.75) is 116 Å². The molecule has 0 spiro atoms. The Balaban J connectivity index is 1.78. The van der Waals surface area contributed by atoms with Gasteiger partial charge in [-0.2, -0.15) is 0 Å². The summed E-state index contributed by atoms with van der Waals surface area (Å²) in [7, 11) is -5.12. The number of imidazole rings is 1. The van der Waals surface area contributed by atoms with Crippen molar-refractivity contribution in [1.82, 2.24) is 35.7 Å². The Morgan fingerprint density at radius 1 is 0.968 bits per heavy atom. The van der Waals surface area contributed by atoms with Crippen molar-refractivity contribution in [2.75, 3.05) is 19.8 Å². The quantitative estimate of drug-likeness (QED) is 0.0288. The van der Waals surface area contributed by atoms with Crippen LogP contribution in [0.2, 0.25) is 0 Å². The molecule has 1 aromatic carbocycles. The zero-order valence-corrected chi connectivity index (χ0v) is 36.5. The first-order chi connectivity index (χ1) is 29.3. The Hall–Kier alpha value is -5.47. The third-order valence-corrected chi connectivity index (χ3v) is 10.4. The Labute approximate surface area is 360 Å². The summed E-state index contributed by atoms with van der Waals surface area (Å²) in [6.45, 7) is 8.15. The van der Waals surface area contributed by atoms with Crippen molar-refractivity contribution in [1.29, 1.82) is 0 Å². The molecule has 21 nitrogen and oxygen atoms in total. The maximum Gasteiger partial charge on any atom is 0.469 e. The fraction of sp³-hybridized carbons (Fsp3) is 0.550. The van der Waals surface area contributed by atoms with Gasteiger partial charge in [0.05, 0.1) is 25.3 Å². The molecule has 0 aliphatic carbocycles. The molecule has 62 heavy (non-hydrogen) atoms. The van der Waals surface area contributed by atoms with Crippen molar-refractivity contribution in [2.24, 2.45) is 16.8 Å². The number of nitrogens with zero attached hydrogens (tertiary/aromatic N) is 4. The second-order valence-corrected chi connectivity index (χ2v) is 16.6. The van der Waals surface area contributed by atoms with Gasteiger partial charge >= 0.3 is 7.82 Å². The number of allylic oxidation sites excluding steroid dienone is 1. The van der Waals surface area contributed by atoms with Crippen molar-refractivity contribution < 1.29 is 57.6 Å². The van der Waals surface area contributed by atoms with Gasteiger partial charge in [-0.25, -0.2) is 9.55 Å². The van der Waals surface area contributed by atoms with Crippen LogP contribution in [0.5, 0.6) is 0 Å². The zero-order chi connectivity index (χ0) is 46.0. The normalized spacial score (nSPS) is 16.9. The lowest BCUT2D eigenvalue weighted by molar-refractivity contribution is -0.139. The number of carbonyl (C=O) groups is 6. The zero-order valence-electron chi connectivity index (χ0n) is 35.6. The van der Waals surface area contributed by atoms with Crippen LogP contribution in [0.15, 0.2) is 53.6 Å². The molecule has 1 aromatic heterocycles. The van der Waals surface area contributed by atoms with E-state index in [1.165, 1.54) is 18.0 Å². The molecular formula is C40H60N9O12P. The number of aromatic nitrogens is 2. The third kappa shape index (κ3) is 17.1. The molecule has 2 heterocycles. The number of nitrogens with one attached hydrogen (secondary N) is 4. The van der Waals surface area contributed by atoms with Crippen molar-refractivity contribution in [3.05, 3.63) is 59.7 Å². The van der Waals surface area contributed by atoms with E-state index in [1.807, 2.05) is 57.2 Å². The number of phosphoric ester groups is 1. The number of phosphoric acid groups is 1. The fourth-order valence-corrected chi connectivity index (χ4v) is 7.24. The molecule has 3 rings (SSSR count). The van der Waals surface area contributed by atoms with Crippen LogP contribution >= 0.6 is 7.82 Å². The maximum atomic E-state index is 14.0. The first-order valence-corrected chi connectivity index (χ1v) is 21.8. The summed E-state index contributed by atoms with van der Waals surface area (Å²) in [6, 6.07) is 2.89. The van der Waals surface area contributed by atoms with Crippen LogP contribution in [0, 0.1) is 5.92 Å². The van der Waals surface area contributed by atoms with Gasteiger partial charge in [-0.05, 0) is 63.0 Å². The Morgan fingerprint density at radius 2 is 1.63 bits per heavy atom. The van der Waals surface area contributed by atoms with Gasteiger partial charge in [0.2, 0.25) is 35.4 Å². The lowest BCUT2D eigenvalue weighted by Crippen LogP contribution is -2.61. The predicted molar refractivity (Wildman–Crippen MR) is 226 cm³/mol. The summed E-state index contributed by atoms with van der Waals surface area (Å²) in [5.41, 5.74) is 7.78. The van der Waals surface area contributed by atoms with E-state index >= 15 is 0 Å². The largest absolute Gasteiger partial charge is 0.469 e. The Morgan fingerprint density at radius 3 is 2.26 bits per heavy atom. The van der Waals surface area contributed by atoms with Crippen LogP contribution in [0.4, 0.5) is 0 Å². The van der Waals surface area contributed by atoms with Gasteiger partial charge in [0.15, 0.2) is 0 Å². The molecular weight excluding hydrogens is 829 g/mol. The second kappa shape index (κ2) is 24.8. The number of likely N-dealkylation sites (tertiary alicyclic amines) is 1. The summed E-state index contributed by atoms with van der Waals surface area (Å²) in [5.74, 6) is -4.98. The topological polar surface area (TPSA) is 306 Å². The molecule has 1 aliphatic rings. The minimum Gasteiger partial charge on any atom is -0.396 e. The number of amides is 6. The van der Waals surface area contributed by atoms with Gasteiger partial charge in [-0.15, -0.1) is 0 Å². The highest BCUT2D eigenvalue weighted by Crippen LogP contribution is 2.38. The summed E-state index contributed by atoms with van der Waals surface area (Å²) >= 11 is 0. The molecule has 6 atom stereocenters. The maximum absolute atomic E-state index is 14.0. The molecule has 0 unspecified atom stereocenters. The standard InChI is InChI=1S/C40H60N9O12P/c1-25(2)18-31(45-40(56)34-14-11-16-49(34)28(5)51)37(53)44-32(38(54)46-33(23-50)39(55)47-35(36(41)52)27(4)61-62(57,58)59)20-30-22-42-24-48(30)15-9-10-17-60-43-21-26(3)19-29-12-7-6-8-13-29/h6-8,12-13,19,21-22,24-25,27,31-35,50H,9-11,14-18,20,23H2,1-5H3,(H2,41,52)(H,44,53)(H,45,56)(H,46,54)(H,47,55)(H2,57,58,59)/b26-19+,43-21+/t27-,31+,32+,33+,34+,35+/m1/s1. The van der Waals surface area contributed by atoms with E-state index in [9.17, 15) is 48.2 Å². The lowest BCUT2D eigenvalue weighted by Gasteiger charge is -2.28. The average molecular weight is 890 g/mol. The molecule has 22 heteroatoms. The second-order valence-electron chi connectivity index (χ2n) is 15.4. The molecule has 342 valence electrons. The number of unbranched alkanes of at least 4 members (excludes halogenated alkanes) is 1. The number of aryl methyl sites for hydroxylation is 1. The number of rotatable bonds is 25. The van der Waals surface area contributed by atoms with Gasteiger partial charge in [0, 0.05) is 38.3 Å². The molecule has 1 aliphatic heterocycles. The number of primary amides is 1. The monoisotopic (exact) mass is 889 g/mol. The first-order valence-electron chi connectivity index (χ1n) is 20.3. The highest BCUT2D eigenvalue weighted by Gasteiger charge is 2.37. The number of nitrogens with two attached hydrogens (primary N) is 1. The Kier molecular flexibility index (Phi) is 20.4. The van der Waals surface area contributed by atoms with E-state index in [1.54, 1.807) is 17.1 Å². The minimum atomic E-state index is -5.12. The van der Waals surface area contributed by atoms with E-state index in [2.05, 4.69) is 35.9 Å².